The molecule has 0 saturated carbocycles. The van der Waals surface area contributed by atoms with Gasteiger partial charge < -0.3 is 19.5 Å². The van der Waals surface area contributed by atoms with E-state index in [1.807, 2.05) is 26.0 Å². The van der Waals surface area contributed by atoms with Crippen LogP contribution in [-0.2, 0) is 0 Å². The molecule has 0 aliphatic carbocycles. The molecule has 24 heavy (non-hydrogen) atoms. The van der Waals surface area contributed by atoms with Crippen molar-refractivity contribution in [3.05, 3.63) is 53.1 Å². The van der Waals surface area contributed by atoms with E-state index in [-0.39, 0.29) is 5.91 Å². The van der Waals surface area contributed by atoms with E-state index in [4.69, 9.17) is 14.2 Å². The van der Waals surface area contributed by atoms with Crippen LogP contribution in [0.5, 0.6) is 17.2 Å². The molecule has 0 spiro atoms. The lowest BCUT2D eigenvalue weighted by molar-refractivity contribution is 0.0946. The average Bonchev–Trinajstić information content (AvgIpc) is 2.57. The summed E-state index contributed by atoms with van der Waals surface area (Å²) in [6.45, 7) is 4.86. The molecule has 0 atom stereocenters. The van der Waals surface area contributed by atoms with Crippen LogP contribution >= 0.6 is 0 Å². The molecule has 2 rings (SSSR count). The summed E-state index contributed by atoms with van der Waals surface area (Å²) in [4.78, 5) is 12.2. The third kappa shape index (κ3) is 4.91. The van der Waals surface area contributed by atoms with Crippen LogP contribution in [0.1, 0.15) is 21.5 Å². The molecule has 1 amide bonds. The molecule has 5 heteroatoms. The third-order valence-electron chi connectivity index (χ3n) is 3.47. The number of rotatable bonds is 7. The molecule has 0 bridgehead atoms. The monoisotopic (exact) mass is 329 g/mol. The summed E-state index contributed by atoms with van der Waals surface area (Å²) in [5, 5.41) is 2.83. The summed E-state index contributed by atoms with van der Waals surface area (Å²) < 4.78 is 16.0. The van der Waals surface area contributed by atoms with E-state index in [9.17, 15) is 4.79 Å². The van der Waals surface area contributed by atoms with Crippen LogP contribution in [0.15, 0.2) is 36.4 Å². The van der Waals surface area contributed by atoms with Crippen molar-refractivity contribution in [1.29, 1.82) is 0 Å². The zero-order chi connectivity index (χ0) is 17.5. The molecule has 5 nitrogen and oxygen atoms in total. The number of benzene rings is 2. The van der Waals surface area contributed by atoms with Crippen molar-refractivity contribution in [2.75, 3.05) is 27.4 Å². The molecule has 2 aromatic rings. The first kappa shape index (κ1) is 17.7. The van der Waals surface area contributed by atoms with Gasteiger partial charge in [0.15, 0.2) is 0 Å². The second kappa shape index (κ2) is 8.24. The number of aryl methyl sites for hydroxylation is 2. The molecule has 0 aliphatic heterocycles. The largest absolute Gasteiger partial charge is 0.497 e. The van der Waals surface area contributed by atoms with Gasteiger partial charge in [-0.25, -0.2) is 0 Å². The van der Waals surface area contributed by atoms with E-state index >= 15 is 0 Å². The van der Waals surface area contributed by atoms with Crippen LogP contribution in [-0.4, -0.2) is 33.3 Å². The van der Waals surface area contributed by atoms with Gasteiger partial charge >= 0.3 is 0 Å². The van der Waals surface area contributed by atoms with Crippen LogP contribution in [0.4, 0.5) is 0 Å². The lowest BCUT2D eigenvalue weighted by atomic mass is 10.1. The maximum atomic E-state index is 12.2. The molecule has 0 heterocycles. The van der Waals surface area contributed by atoms with Gasteiger partial charge in [-0.05, 0) is 49.2 Å². The fourth-order valence-corrected chi connectivity index (χ4v) is 2.39. The Hall–Kier alpha value is -2.69. The van der Waals surface area contributed by atoms with Gasteiger partial charge in [-0.2, -0.15) is 0 Å². The number of nitrogens with one attached hydrogen (secondary N) is 1. The number of carbonyl (C=O) groups excluding carboxylic acids is 1. The zero-order valence-corrected chi connectivity index (χ0v) is 14.5. The maximum absolute atomic E-state index is 12.2. The van der Waals surface area contributed by atoms with Gasteiger partial charge in [-0.15, -0.1) is 0 Å². The van der Waals surface area contributed by atoms with Gasteiger partial charge in [0.1, 0.15) is 23.9 Å². The van der Waals surface area contributed by atoms with Crippen molar-refractivity contribution >= 4 is 5.91 Å². The van der Waals surface area contributed by atoms with E-state index in [0.717, 1.165) is 16.9 Å². The minimum atomic E-state index is -0.198. The van der Waals surface area contributed by atoms with Crippen LogP contribution in [0.2, 0.25) is 0 Å². The molecule has 0 aliphatic rings. The average molecular weight is 329 g/mol. The Labute approximate surface area is 142 Å². The number of hydrogen-bond donors (Lipinski definition) is 1. The third-order valence-corrected chi connectivity index (χ3v) is 3.47. The standard InChI is InChI=1S/C19H23NO4/c1-13-7-14(2)9-18(8-13)24-6-5-20-19(21)15-10-16(22-3)12-17(11-15)23-4/h7-12H,5-6H2,1-4H3,(H,20,21). The Bertz CT molecular complexity index is 670. The summed E-state index contributed by atoms with van der Waals surface area (Å²) >= 11 is 0. The van der Waals surface area contributed by atoms with E-state index < -0.39 is 0 Å². The second-order valence-corrected chi connectivity index (χ2v) is 5.53. The van der Waals surface area contributed by atoms with Gasteiger partial charge in [0, 0.05) is 11.6 Å². The molecular weight excluding hydrogens is 306 g/mol. The Morgan fingerprint density at radius 1 is 0.875 bits per heavy atom. The summed E-state index contributed by atoms with van der Waals surface area (Å²) in [6.07, 6.45) is 0. The molecule has 2 aromatic carbocycles. The van der Waals surface area contributed by atoms with Crippen LogP contribution in [0.25, 0.3) is 0 Å². The van der Waals surface area contributed by atoms with Crippen molar-refractivity contribution in [3.8, 4) is 17.2 Å². The van der Waals surface area contributed by atoms with Crippen LogP contribution in [0.3, 0.4) is 0 Å². The maximum Gasteiger partial charge on any atom is 0.251 e. The molecule has 0 radical (unpaired) electrons. The SMILES string of the molecule is COc1cc(OC)cc(C(=O)NCCOc2cc(C)cc(C)c2)c1. The summed E-state index contributed by atoms with van der Waals surface area (Å²) in [5.74, 6) is 1.76. The van der Waals surface area contributed by atoms with Crippen molar-refractivity contribution in [1.82, 2.24) is 5.32 Å². The van der Waals surface area contributed by atoms with Crippen LogP contribution in [0, 0.1) is 13.8 Å². The minimum Gasteiger partial charge on any atom is -0.497 e. The number of methoxy groups -OCH3 is 2. The number of ether oxygens (including phenoxy) is 3. The quantitative estimate of drug-likeness (QED) is 0.793. The first-order valence-corrected chi connectivity index (χ1v) is 7.74. The van der Waals surface area contributed by atoms with Gasteiger partial charge in [0.2, 0.25) is 0 Å². The van der Waals surface area contributed by atoms with Gasteiger partial charge in [0.05, 0.1) is 20.8 Å². The molecule has 128 valence electrons. The van der Waals surface area contributed by atoms with Crippen LogP contribution < -0.4 is 19.5 Å². The second-order valence-electron chi connectivity index (χ2n) is 5.53. The Morgan fingerprint density at radius 2 is 1.46 bits per heavy atom. The zero-order valence-electron chi connectivity index (χ0n) is 14.5. The molecule has 0 unspecified atom stereocenters. The van der Waals surface area contributed by atoms with Gasteiger partial charge in [-0.3, -0.25) is 4.79 Å². The molecule has 0 aromatic heterocycles. The smallest absolute Gasteiger partial charge is 0.251 e. The highest BCUT2D eigenvalue weighted by molar-refractivity contribution is 5.95. The molecule has 0 saturated heterocycles. The molecular formula is C19H23NO4. The highest BCUT2D eigenvalue weighted by Gasteiger charge is 2.09. The predicted molar refractivity (Wildman–Crippen MR) is 93.3 cm³/mol. The van der Waals surface area contributed by atoms with Gasteiger partial charge in [0.25, 0.3) is 5.91 Å². The van der Waals surface area contributed by atoms with Gasteiger partial charge in [-0.1, -0.05) is 6.07 Å². The molecule has 1 N–H and O–H groups in total. The first-order chi connectivity index (χ1) is 11.5. The van der Waals surface area contributed by atoms with Crippen molar-refractivity contribution in [3.63, 3.8) is 0 Å². The number of carbonyl (C=O) groups is 1. The Kier molecular flexibility index (Phi) is 6.07. The van der Waals surface area contributed by atoms with E-state index in [1.165, 1.54) is 0 Å². The number of hydrogen-bond acceptors (Lipinski definition) is 4. The fourth-order valence-electron chi connectivity index (χ4n) is 2.39. The summed E-state index contributed by atoms with van der Waals surface area (Å²) in [7, 11) is 3.10. The fraction of sp³-hybridized carbons (Fsp3) is 0.316. The highest BCUT2D eigenvalue weighted by atomic mass is 16.5. The summed E-state index contributed by atoms with van der Waals surface area (Å²) in [6, 6.07) is 11.1. The Balaban J connectivity index is 1.89. The van der Waals surface area contributed by atoms with E-state index in [0.29, 0.717) is 30.2 Å². The lowest BCUT2D eigenvalue weighted by Crippen LogP contribution is -2.28. The molecule has 0 fully saturated rings. The highest BCUT2D eigenvalue weighted by Crippen LogP contribution is 2.22. The topological polar surface area (TPSA) is 56.8 Å². The van der Waals surface area contributed by atoms with Crippen molar-refractivity contribution in [2.24, 2.45) is 0 Å². The van der Waals surface area contributed by atoms with E-state index in [2.05, 4.69) is 11.4 Å². The Morgan fingerprint density at radius 3 is 2.00 bits per heavy atom. The van der Waals surface area contributed by atoms with Crippen molar-refractivity contribution < 1.29 is 19.0 Å². The van der Waals surface area contributed by atoms with E-state index in [1.54, 1.807) is 32.4 Å². The first-order valence-electron chi connectivity index (χ1n) is 7.74. The summed E-state index contributed by atoms with van der Waals surface area (Å²) in [5.41, 5.74) is 2.78. The van der Waals surface area contributed by atoms with Crippen molar-refractivity contribution in [2.45, 2.75) is 13.8 Å². The normalized spacial score (nSPS) is 10.2. The minimum absolute atomic E-state index is 0.198. The lowest BCUT2D eigenvalue weighted by Gasteiger charge is -2.11. The predicted octanol–water partition coefficient (Wildman–Crippen LogP) is 3.13. The number of amides is 1.